The number of hydrogen-bond donors (Lipinski definition) is 1. The van der Waals surface area contributed by atoms with Crippen LogP contribution in [0.2, 0.25) is 5.02 Å². The Balaban J connectivity index is 2.36. The number of ether oxygens (including phenoxy) is 1. The highest BCUT2D eigenvalue weighted by molar-refractivity contribution is 6.31. The van der Waals surface area contributed by atoms with Gasteiger partial charge in [0, 0.05) is 12.1 Å². The van der Waals surface area contributed by atoms with Crippen LogP contribution in [0.3, 0.4) is 0 Å². The minimum Gasteiger partial charge on any atom is -0.437 e. The van der Waals surface area contributed by atoms with Crippen LogP contribution in [0.4, 0.5) is 5.95 Å². The minimum atomic E-state index is -0.0272. The Morgan fingerprint density at radius 2 is 1.95 bits per heavy atom. The maximum absolute atomic E-state index is 6.14. The third-order valence-corrected chi connectivity index (χ3v) is 3.21. The van der Waals surface area contributed by atoms with Gasteiger partial charge in [0.2, 0.25) is 11.8 Å². The molecule has 2 aromatic rings. The maximum atomic E-state index is 6.14. The summed E-state index contributed by atoms with van der Waals surface area (Å²) in [6.45, 7) is 9.13. The number of nitrogens with one attached hydrogen (secondary N) is 1. The number of hydrogen-bond acceptors (Lipinski definition) is 4. The first kappa shape index (κ1) is 15.6. The number of para-hydroxylation sites is 1. The first-order valence-electron chi connectivity index (χ1n) is 6.95. The molecule has 0 radical (unpaired) electrons. The van der Waals surface area contributed by atoms with Crippen molar-refractivity contribution >= 4 is 17.5 Å². The van der Waals surface area contributed by atoms with Crippen molar-refractivity contribution in [2.75, 3.05) is 11.9 Å². The van der Waals surface area contributed by atoms with Gasteiger partial charge >= 0.3 is 0 Å². The van der Waals surface area contributed by atoms with Crippen molar-refractivity contribution in [1.82, 2.24) is 9.97 Å². The standard InChI is InChI=1S/C16H20ClN3O/c1-5-18-15-19-10-12(17)14(20-15)21-13-9-7-6-8-11(13)16(2,3)4/h6-10H,5H2,1-4H3,(H,18,19,20). The van der Waals surface area contributed by atoms with Gasteiger partial charge in [0.05, 0.1) is 6.20 Å². The molecule has 21 heavy (non-hydrogen) atoms. The Morgan fingerprint density at radius 3 is 2.62 bits per heavy atom. The van der Waals surface area contributed by atoms with Gasteiger partial charge in [0.15, 0.2) is 0 Å². The van der Waals surface area contributed by atoms with Crippen LogP contribution in [-0.4, -0.2) is 16.5 Å². The number of anilines is 1. The molecule has 1 aromatic heterocycles. The van der Waals surface area contributed by atoms with Crippen molar-refractivity contribution in [2.24, 2.45) is 0 Å². The summed E-state index contributed by atoms with van der Waals surface area (Å²) in [6, 6.07) is 7.91. The molecular formula is C16H20ClN3O. The van der Waals surface area contributed by atoms with Gasteiger partial charge in [-0.2, -0.15) is 4.98 Å². The fraction of sp³-hybridized carbons (Fsp3) is 0.375. The average Bonchev–Trinajstić information content (AvgIpc) is 2.42. The summed E-state index contributed by atoms with van der Waals surface area (Å²) in [7, 11) is 0. The zero-order valence-electron chi connectivity index (χ0n) is 12.8. The van der Waals surface area contributed by atoms with Crippen LogP contribution in [0.1, 0.15) is 33.3 Å². The lowest BCUT2D eigenvalue weighted by Crippen LogP contribution is -2.12. The third kappa shape index (κ3) is 3.85. The molecule has 0 unspecified atom stereocenters. The van der Waals surface area contributed by atoms with Gasteiger partial charge in [-0.1, -0.05) is 50.6 Å². The maximum Gasteiger partial charge on any atom is 0.243 e. The van der Waals surface area contributed by atoms with E-state index in [1.54, 1.807) is 6.20 Å². The number of rotatable bonds is 4. The van der Waals surface area contributed by atoms with Crippen LogP contribution in [0.5, 0.6) is 11.6 Å². The van der Waals surface area contributed by atoms with Crippen molar-refractivity contribution in [3.05, 3.63) is 41.0 Å². The second kappa shape index (κ2) is 6.31. The molecular weight excluding hydrogens is 286 g/mol. The van der Waals surface area contributed by atoms with Gasteiger partial charge < -0.3 is 10.1 Å². The zero-order valence-corrected chi connectivity index (χ0v) is 13.5. The average molecular weight is 306 g/mol. The van der Waals surface area contributed by atoms with Gasteiger partial charge in [-0.05, 0) is 18.4 Å². The van der Waals surface area contributed by atoms with Crippen molar-refractivity contribution in [3.63, 3.8) is 0 Å². The molecule has 5 heteroatoms. The van der Waals surface area contributed by atoms with Gasteiger partial charge in [-0.25, -0.2) is 4.98 Å². The van der Waals surface area contributed by atoms with E-state index < -0.39 is 0 Å². The van der Waals surface area contributed by atoms with Crippen LogP contribution in [-0.2, 0) is 5.41 Å². The monoisotopic (exact) mass is 305 g/mol. The lowest BCUT2D eigenvalue weighted by molar-refractivity contribution is 0.439. The number of aromatic nitrogens is 2. The normalized spacial score (nSPS) is 11.3. The third-order valence-electron chi connectivity index (χ3n) is 2.95. The summed E-state index contributed by atoms with van der Waals surface area (Å²) in [6.07, 6.45) is 1.54. The SMILES string of the molecule is CCNc1ncc(Cl)c(Oc2ccccc2C(C)(C)C)n1. The lowest BCUT2D eigenvalue weighted by atomic mass is 9.86. The van der Waals surface area contributed by atoms with E-state index in [1.807, 2.05) is 25.1 Å². The predicted octanol–water partition coefficient (Wildman–Crippen LogP) is 4.65. The molecule has 4 nitrogen and oxygen atoms in total. The largest absolute Gasteiger partial charge is 0.437 e. The van der Waals surface area contributed by atoms with Gasteiger partial charge in [0.1, 0.15) is 10.8 Å². The molecule has 0 atom stereocenters. The summed E-state index contributed by atoms with van der Waals surface area (Å²) in [5, 5.41) is 3.43. The molecule has 0 saturated heterocycles. The second-order valence-corrected chi connectivity index (χ2v) is 6.13. The fourth-order valence-corrected chi connectivity index (χ4v) is 2.08. The van der Waals surface area contributed by atoms with E-state index in [-0.39, 0.29) is 5.41 Å². The minimum absolute atomic E-state index is 0.0272. The second-order valence-electron chi connectivity index (χ2n) is 5.73. The topological polar surface area (TPSA) is 47.0 Å². The van der Waals surface area contributed by atoms with E-state index in [2.05, 4.69) is 42.1 Å². The predicted molar refractivity (Wildman–Crippen MR) is 86.4 cm³/mol. The highest BCUT2D eigenvalue weighted by Crippen LogP contribution is 2.35. The number of nitrogens with zero attached hydrogens (tertiary/aromatic N) is 2. The first-order chi connectivity index (χ1) is 9.91. The zero-order chi connectivity index (χ0) is 15.5. The van der Waals surface area contributed by atoms with E-state index in [1.165, 1.54) is 0 Å². The smallest absolute Gasteiger partial charge is 0.243 e. The van der Waals surface area contributed by atoms with Crippen LogP contribution < -0.4 is 10.1 Å². The molecule has 0 aliphatic heterocycles. The number of halogens is 1. The molecule has 0 saturated carbocycles. The van der Waals surface area contributed by atoms with E-state index in [0.29, 0.717) is 16.9 Å². The van der Waals surface area contributed by atoms with E-state index >= 15 is 0 Å². The van der Waals surface area contributed by atoms with E-state index in [4.69, 9.17) is 16.3 Å². The van der Waals surface area contributed by atoms with Gasteiger partial charge in [0.25, 0.3) is 0 Å². The molecule has 0 fully saturated rings. The molecule has 1 heterocycles. The summed E-state index contributed by atoms with van der Waals surface area (Å²) in [5.41, 5.74) is 1.07. The van der Waals surface area contributed by atoms with Crippen molar-refractivity contribution in [2.45, 2.75) is 33.1 Å². The summed E-state index contributed by atoms with van der Waals surface area (Å²) in [5.74, 6) is 1.62. The van der Waals surface area contributed by atoms with E-state index in [0.717, 1.165) is 17.9 Å². The highest BCUT2D eigenvalue weighted by atomic mass is 35.5. The Bertz CT molecular complexity index is 623. The Kier molecular flexibility index (Phi) is 4.68. The quantitative estimate of drug-likeness (QED) is 0.893. The van der Waals surface area contributed by atoms with Crippen molar-refractivity contribution in [3.8, 4) is 11.6 Å². The molecule has 2 rings (SSSR count). The molecule has 0 bridgehead atoms. The Labute approximate surface area is 130 Å². The summed E-state index contributed by atoms with van der Waals surface area (Å²) in [4.78, 5) is 8.41. The molecule has 1 N–H and O–H groups in total. The highest BCUT2D eigenvalue weighted by Gasteiger charge is 2.20. The molecule has 112 valence electrons. The molecule has 0 amide bonds. The van der Waals surface area contributed by atoms with Gasteiger partial charge in [-0.15, -0.1) is 0 Å². The fourth-order valence-electron chi connectivity index (χ4n) is 1.95. The first-order valence-corrected chi connectivity index (χ1v) is 7.33. The summed E-state index contributed by atoms with van der Waals surface area (Å²) < 4.78 is 5.93. The summed E-state index contributed by atoms with van der Waals surface area (Å²) >= 11 is 6.14. The van der Waals surface area contributed by atoms with Crippen LogP contribution in [0.25, 0.3) is 0 Å². The molecule has 1 aromatic carbocycles. The van der Waals surface area contributed by atoms with Crippen LogP contribution in [0.15, 0.2) is 30.5 Å². The van der Waals surface area contributed by atoms with Crippen LogP contribution in [0, 0.1) is 0 Å². The molecule has 0 spiro atoms. The van der Waals surface area contributed by atoms with Crippen molar-refractivity contribution < 1.29 is 4.74 Å². The molecule has 0 aliphatic carbocycles. The van der Waals surface area contributed by atoms with Gasteiger partial charge in [-0.3, -0.25) is 0 Å². The Morgan fingerprint density at radius 1 is 1.24 bits per heavy atom. The van der Waals surface area contributed by atoms with Crippen molar-refractivity contribution in [1.29, 1.82) is 0 Å². The Hall–Kier alpha value is -1.81. The number of benzene rings is 1. The molecule has 0 aliphatic rings. The lowest BCUT2D eigenvalue weighted by Gasteiger charge is -2.22. The van der Waals surface area contributed by atoms with E-state index in [9.17, 15) is 0 Å². The van der Waals surface area contributed by atoms with Crippen LogP contribution >= 0.6 is 11.6 Å².